The summed E-state index contributed by atoms with van der Waals surface area (Å²) in [5, 5.41) is 19.7. The van der Waals surface area contributed by atoms with E-state index in [-0.39, 0.29) is 11.0 Å². The maximum Gasteiger partial charge on any atom is 0.335 e. The largest absolute Gasteiger partial charge is 0.494 e. The second kappa shape index (κ2) is 7.69. The second-order valence-corrected chi connectivity index (χ2v) is 8.34. The Morgan fingerprint density at radius 1 is 1.17 bits per heavy atom. The summed E-state index contributed by atoms with van der Waals surface area (Å²) in [6.45, 7) is 8.29. The fourth-order valence-electron chi connectivity index (χ4n) is 4.64. The first-order chi connectivity index (χ1) is 13.9. The number of hydrogen-bond acceptors (Lipinski definition) is 5. The molecule has 2 N–H and O–H groups in total. The standard InChI is InChI=1S/C23H28N2O4/c1-3-29-20-10-17(5-4-16(20)2)12-24-13-23(14-24)11-21(26)25(15-23)19-8-6-18(7-9-19)22(27)28/h4-10,21,26H,3,11-15H2,1-2H3,(H,27,28). The van der Waals surface area contributed by atoms with E-state index in [2.05, 4.69) is 30.0 Å². The topological polar surface area (TPSA) is 73.2 Å². The Hall–Kier alpha value is -2.57. The highest BCUT2D eigenvalue weighted by Crippen LogP contribution is 2.44. The van der Waals surface area contributed by atoms with Gasteiger partial charge in [0.25, 0.3) is 0 Å². The van der Waals surface area contributed by atoms with E-state index in [0.29, 0.717) is 6.61 Å². The van der Waals surface area contributed by atoms with E-state index in [9.17, 15) is 9.90 Å². The number of anilines is 1. The van der Waals surface area contributed by atoms with E-state index in [1.807, 2.05) is 11.8 Å². The van der Waals surface area contributed by atoms with Gasteiger partial charge in [-0.25, -0.2) is 4.79 Å². The minimum absolute atomic E-state index is 0.0956. The van der Waals surface area contributed by atoms with Crippen LogP contribution in [0.15, 0.2) is 42.5 Å². The van der Waals surface area contributed by atoms with Crippen LogP contribution in [0.3, 0.4) is 0 Å². The molecule has 0 aliphatic carbocycles. The van der Waals surface area contributed by atoms with Crippen LogP contribution in [0.5, 0.6) is 5.75 Å². The average molecular weight is 396 g/mol. The third-order valence-corrected chi connectivity index (χ3v) is 6.00. The molecule has 1 spiro atoms. The van der Waals surface area contributed by atoms with E-state index in [1.165, 1.54) is 5.56 Å². The van der Waals surface area contributed by atoms with Crippen LogP contribution in [0.4, 0.5) is 5.69 Å². The molecule has 0 saturated carbocycles. The van der Waals surface area contributed by atoms with Gasteiger partial charge in [0, 0.05) is 43.7 Å². The van der Waals surface area contributed by atoms with E-state index >= 15 is 0 Å². The summed E-state index contributed by atoms with van der Waals surface area (Å²) in [7, 11) is 0. The average Bonchev–Trinajstić information content (AvgIpc) is 3.02. The van der Waals surface area contributed by atoms with Crippen LogP contribution < -0.4 is 9.64 Å². The van der Waals surface area contributed by atoms with Crippen molar-refractivity contribution < 1.29 is 19.7 Å². The van der Waals surface area contributed by atoms with Crippen LogP contribution in [0.2, 0.25) is 0 Å². The number of hydrogen-bond donors (Lipinski definition) is 2. The lowest BCUT2D eigenvalue weighted by molar-refractivity contribution is -0.000963. The number of aromatic carboxylic acids is 1. The molecule has 2 aliphatic heterocycles. The van der Waals surface area contributed by atoms with Gasteiger partial charge in [-0.1, -0.05) is 12.1 Å². The maximum atomic E-state index is 11.0. The zero-order valence-electron chi connectivity index (χ0n) is 17.0. The molecule has 1 unspecified atom stereocenters. The number of benzene rings is 2. The van der Waals surface area contributed by atoms with Gasteiger partial charge in [-0.3, -0.25) is 4.90 Å². The molecule has 29 heavy (non-hydrogen) atoms. The summed E-state index contributed by atoms with van der Waals surface area (Å²) in [4.78, 5) is 15.4. The zero-order chi connectivity index (χ0) is 20.6. The van der Waals surface area contributed by atoms with Crippen molar-refractivity contribution in [3.8, 4) is 5.75 Å². The van der Waals surface area contributed by atoms with Gasteiger partial charge in [0.2, 0.25) is 0 Å². The minimum atomic E-state index is -0.937. The van der Waals surface area contributed by atoms with Gasteiger partial charge in [-0.2, -0.15) is 0 Å². The van der Waals surface area contributed by atoms with Crippen LogP contribution in [-0.2, 0) is 6.54 Å². The van der Waals surface area contributed by atoms with Crippen LogP contribution in [0.1, 0.15) is 34.8 Å². The predicted octanol–water partition coefficient (Wildman–Crippen LogP) is 3.12. The summed E-state index contributed by atoms with van der Waals surface area (Å²) in [5.41, 5.74) is 3.63. The first kappa shape index (κ1) is 19.7. The molecule has 2 aromatic carbocycles. The summed E-state index contributed by atoms with van der Waals surface area (Å²) in [5.74, 6) is 0.0146. The number of carbonyl (C=O) groups is 1. The van der Waals surface area contributed by atoms with Crippen molar-refractivity contribution in [2.24, 2.45) is 5.41 Å². The Kier molecular flexibility index (Phi) is 5.23. The molecular formula is C23H28N2O4. The number of likely N-dealkylation sites (tertiary alicyclic amines) is 1. The third-order valence-electron chi connectivity index (χ3n) is 6.00. The molecule has 6 nitrogen and oxygen atoms in total. The second-order valence-electron chi connectivity index (χ2n) is 8.34. The molecule has 154 valence electrons. The minimum Gasteiger partial charge on any atom is -0.494 e. The first-order valence-electron chi connectivity index (χ1n) is 10.1. The molecule has 0 radical (unpaired) electrons. The molecule has 0 amide bonds. The van der Waals surface area contributed by atoms with Crippen LogP contribution >= 0.6 is 0 Å². The van der Waals surface area contributed by atoms with E-state index in [4.69, 9.17) is 9.84 Å². The predicted molar refractivity (Wildman–Crippen MR) is 111 cm³/mol. The fourth-order valence-corrected chi connectivity index (χ4v) is 4.64. The number of aliphatic hydroxyl groups excluding tert-OH is 1. The van der Waals surface area contributed by atoms with Gasteiger partial charge >= 0.3 is 5.97 Å². The normalized spacial score (nSPS) is 20.7. The molecule has 4 rings (SSSR count). The quantitative estimate of drug-likeness (QED) is 0.782. The molecule has 2 aromatic rings. The highest BCUT2D eigenvalue weighted by molar-refractivity contribution is 5.88. The SMILES string of the molecule is CCOc1cc(CN2CC3(CC(O)N(c4ccc(C(=O)O)cc4)C3)C2)ccc1C. The van der Waals surface area contributed by atoms with E-state index in [1.54, 1.807) is 24.3 Å². The lowest BCUT2D eigenvalue weighted by Crippen LogP contribution is -2.56. The lowest BCUT2D eigenvalue weighted by atomic mass is 9.78. The van der Waals surface area contributed by atoms with Crippen LogP contribution in [0, 0.1) is 12.3 Å². The number of aliphatic hydroxyl groups is 1. The Labute approximate surface area is 171 Å². The smallest absolute Gasteiger partial charge is 0.335 e. The molecule has 0 bridgehead atoms. The van der Waals surface area contributed by atoms with Gasteiger partial charge in [0.1, 0.15) is 12.0 Å². The molecule has 1 atom stereocenters. The first-order valence-corrected chi connectivity index (χ1v) is 10.1. The fraction of sp³-hybridized carbons (Fsp3) is 0.435. The van der Waals surface area contributed by atoms with Crippen molar-refractivity contribution in [1.82, 2.24) is 4.90 Å². The summed E-state index contributed by atoms with van der Waals surface area (Å²) < 4.78 is 5.71. The summed E-state index contributed by atoms with van der Waals surface area (Å²) in [6.07, 6.45) is 0.208. The van der Waals surface area contributed by atoms with Gasteiger partial charge in [0.05, 0.1) is 12.2 Å². The molecule has 2 aliphatic rings. The van der Waals surface area contributed by atoms with Gasteiger partial charge in [-0.15, -0.1) is 0 Å². The molecular weight excluding hydrogens is 368 g/mol. The van der Waals surface area contributed by atoms with Gasteiger partial charge in [0.15, 0.2) is 0 Å². The number of ether oxygens (including phenoxy) is 1. The summed E-state index contributed by atoms with van der Waals surface area (Å²) >= 11 is 0. The monoisotopic (exact) mass is 396 g/mol. The highest BCUT2D eigenvalue weighted by Gasteiger charge is 2.51. The third kappa shape index (κ3) is 3.95. The van der Waals surface area contributed by atoms with Crippen molar-refractivity contribution >= 4 is 11.7 Å². The van der Waals surface area contributed by atoms with Crippen molar-refractivity contribution in [3.05, 3.63) is 59.2 Å². The van der Waals surface area contributed by atoms with Crippen molar-refractivity contribution in [2.45, 2.75) is 33.0 Å². The highest BCUT2D eigenvalue weighted by atomic mass is 16.5. The Morgan fingerprint density at radius 2 is 1.90 bits per heavy atom. The number of carboxylic acids is 1. The summed E-state index contributed by atoms with van der Waals surface area (Å²) in [6, 6.07) is 13.1. The van der Waals surface area contributed by atoms with Crippen molar-refractivity contribution in [2.75, 3.05) is 31.1 Å². The van der Waals surface area contributed by atoms with Crippen LogP contribution in [-0.4, -0.2) is 53.6 Å². The molecule has 2 saturated heterocycles. The molecule has 6 heteroatoms. The number of aryl methyl sites for hydroxylation is 1. The number of carboxylic acid groups (broad SMARTS) is 1. The van der Waals surface area contributed by atoms with Crippen LogP contribution in [0.25, 0.3) is 0 Å². The van der Waals surface area contributed by atoms with E-state index in [0.717, 1.165) is 49.6 Å². The Balaban J connectivity index is 1.37. The Bertz CT molecular complexity index is 890. The van der Waals surface area contributed by atoms with Gasteiger partial charge in [-0.05, 0) is 55.3 Å². The molecule has 2 fully saturated rings. The van der Waals surface area contributed by atoms with Crippen molar-refractivity contribution in [3.63, 3.8) is 0 Å². The number of rotatable bonds is 6. The molecule has 2 heterocycles. The lowest BCUT2D eigenvalue weighted by Gasteiger charge is -2.48. The van der Waals surface area contributed by atoms with Gasteiger partial charge < -0.3 is 19.8 Å². The molecule has 0 aromatic heterocycles. The number of nitrogens with zero attached hydrogens (tertiary/aromatic N) is 2. The van der Waals surface area contributed by atoms with E-state index < -0.39 is 12.2 Å². The maximum absolute atomic E-state index is 11.0. The zero-order valence-corrected chi connectivity index (χ0v) is 17.0. The van der Waals surface area contributed by atoms with Crippen molar-refractivity contribution in [1.29, 1.82) is 0 Å². The Morgan fingerprint density at radius 3 is 2.55 bits per heavy atom.